The fourth-order valence-corrected chi connectivity index (χ4v) is 2.39. The number of ketones is 1. The molecule has 0 radical (unpaired) electrons. The third-order valence-corrected chi connectivity index (χ3v) is 3.70. The van der Waals surface area contributed by atoms with Crippen LogP contribution >= 0.6 is 0 Å². The van der Waals surface area contributed by atoms with Gasteiger partial charge in [-0.05, 0) is 35.9 Å². The molecule has 0 bridgehead atoms. The van der Waals surface area contributed by atoms with E-state index in [1.54, 1.807) is 18.2 Å². The molecule has 2 aromatic rings. The Labute approximate surface area is 144 Å². The van der Waals surface area contributed by atoms with Crippen molar-refractivity contribution in [3.05, 3.63) is 59.4 Å². The second kappa shape index (κ2) is 7.79. The molecule has 0 aromatic heterocycles. The smallest absolute Gasteiger partial charge is 0.310 e. The van der Waals surface area contributed by atoms with Gasteiger partial charge in [-0.2, -0.15) is 0 Å². The van der Waals surface area contributed by atoms with Crippen molar-refractivity contribution in [3.8, 4) is 11.5 Å². The van der Waals surface area contributed by atoms with Crippen LogP contribution in [0.4, 0.5) is 4.39 Å². The quantitative estimate of drug-likeness (QED) is 0.616. The predicted octanol–water partition coefficient (Wildman–Crippen LogP) is 2.96. The van der Waals surface area contributed by atoms with Crippen molar-refractivity contribution >= 4 is 11.8 Å². The standard InChI is InChI=1S/C19H17FO5/c20-15-5-2-13(3-6-15)10-19(22)25-12-16(21)14-4-7-17-18(11-14)24-9-1-8-23-17/h2-7,11H,1,8-10,12H2. The summed E-state index contributed by atoms with van der Waals surface area (Å²) in [5.41, 5.74) is 1.01. The van der Waals surface area contributed by atoms with E-state index in [1.165, 1.54) is 24.3 Å². The maximum atomic E-state index is 12.8. The molecule has 6 heteroatoms. The first-order chi connectivity index (χ1) is 12.1. The number of hydrogen-bond donors (Lipinski definition) is 0. The summed E-state index contributed by atoms with van der Waals surface area (Å²) in [4.78, 5) is 24.0. The minimum absolute atomic E-state index is 0.0191. The van der Waals surface area contributed by atoms with Gasteiger partial charge in [-0.15, -0.1) is 0 Å². The van der Waals surface area contributed by atoms with Crippen molar-refractivity contribution in [2.75, 3.05) is 19.8 Å². The molecule has 0 aliphatic carbocycles. The lowest BCUT2D eigenvalue weighted by Crippen LogP contribution is -2.15. The number of fused-ring (bicyclic) bond motifs is 1. The van der Waals surface area contributed by atoms with E-state index in [2.05, 4.69) is 0 Å². The fraction of sp³-hybridized carbons (Fsp3) is 0.263. The van der Waals surface area contributed by atoms with Gasteiger partial charge in [-0.1, -0.05) is 12.1 Å². The Balaban J connectivity index is 1.56. The molecule has 0 amide bonds. The SMILES string of the molecule is O=C(Cc1ccc(F)cc1)OCC(=O)c1ccc2c(c1)OCCCO2. The van der Waals surface area contributed by atoms with Gasteiger partial charge in [0.05, 0.1) is 19.6 Å². The first kappa shape index (κ1) is 17.0. The Bertz CT molecular complexity index is 770. The predicted molar refractivity (Wildman–Crippen MR) is 87.4 cm³/mol. The largest absolute Gasteiger partial charge is 0.490 e. The summed E-state index contributed by atoms with van der Waals surface area (Å²) >= 11 is 0. The number of Topliss-reactive ketones (excluding diaryl/α,β-unsaturated/α-hetero) is 1. The van der Waals surface area contributed by atoms with E-state index in [0.717, 1.165) is 6.42 Å². The van der Waals surface area contributed by atoms with E-state index in [0.29, 0.717) is 35.8 Å². The van der Waals surface area contributed by atoms with E-state index in [9.17, 15) is 14.0 Å². The van der Waals surface area contributed by atoms with Crippen LogP contribution in [0.2, 0.25) is 0 Å². The second-order valence-electron chi connectivity index (χ2n) is 5.60. The number of hydrogen-bond acceptors (Lipinski definition) is 5. The number of carbonyl (C=O) groups is 2. The Kier molecular flexibility index (Phi) is 5.28. The molecule has 0 saturated heterocycles. The zero-order valence-corrected chi connectivity index (χ0v) is 13.5. The molecule has 3 rings (SSSR count). The molecular formula is C19H17FO5. The normalized spacial score (nSPS) is 13.0. The van der Waals surface area contributed by atoms with Crippen molar-refractivity contribution < 1.29 is 28.2 Å². The van der Waals surface area contributed by atoms with E-state index >= 15 is 0 Å². The van der Waals surface area contributed by atoms with Crippen LogP contribution in [0, 0.1) is 5.82 Å². The van der Waals surface area contributed by atoms with Crippen molar-refractivity contribution in [2.24, 2.45) is 0 Å². The lowest BCUT2D eigenvalue weighted by molar-refractivity contribution is -0.141. The average Bonchev–Trinajstić information content (AvgIpc) is 2.86. The number of halogens is 1. The molecule has 0 spiro atoms. The molecule has 2 aromatic carbocycles. The third-order valence-electron chi connectivity index (χ3n) is 3.70. The maximum Gasteiger partial charge on any atom is 0.310 e. The molecule has 0 atom stereocenters. The van der Waals surface area contributed by atoms with Gasteiger partial charge in [0.1, 0.15) is 5.82 Å². The molecule has 0 N–H and O–H groups in total. The second-order valence-corrected chi connectivity index (χ2v) is 5.60. The molecule has 25 heavy (non-hydrogen) atoms. The summed E-state index contributed by atoms with van der Waals surface area (Å²) in [6.07, 6.45) is 0.758. The lowest BCUT2D eigenvalue weighted by Gasteiger charge is -2.09. The van der Waals surface area contributed by atoms with Gasteiger partial charge in [0.15, 0.2) is 23.9 Å². The minimum atomic E-state index is -0.547. The Hall–Kier alpha value is -2.89. The van der Waals surface area contributed by atoms with E-state index in [4.69, 9.17) is 14.2 Å². The number of esters is 1. The van der Waals surface area contributed by atoms with Gasteiger partial charge in [-0.3, -0.25) is 9.59 Å². The lowest BCUT2D eigenvalue weighted by atomic mass is 10.1. The Morgan fingerprint density at radius 2 is 1.72 bits per heavy atom. The van der Waals surface area contributed by atoms with Gasteiger partial charge in [0.25, 0.3) is 0 Å². The van der Waals surface area contributed by atoms with Crippen LogP contribution in [0.25, 0.3) is 0 Å². The summed E-state index contributed by atoms with van der Waals surface area (Å²) in [6.45, 7) is 0.734. The highest BCUT2D eigenvalue weighted by Gasteiger charge is 2.15. The zero-order valence-electron chi connectivity index (χ0n) is 13.5. The topological polar surface area (TPSA) is 61.8 Å². The molecule has 5 nitrogen and oxygen atoms in total. The summed E-state index contributed by atoms with van der Waals surface area (Å²) in [7, 11) is 0. The summed E-state index contributed by atoms with van der Waals surface area (Å²) in [5.74, 6) is -0.137. The maximum absolute atomic E-state index is 12.8. The first-order valence-corrected chi connectivity index (χ1v) is 7.95. The Morgan fingerprint density at radius 3 is 2.48 bits per heavy atom. The van der Waals surface area contributed by atoms with Crippen LogP contribution in [0.3, 0.4) is 0 Å². The first-order valence-electron chi connectivity index (χ1n) is 7.95. The van der Waals surface area contributed by atoms with Crippen LogP contribution < -0.4 is 9.47 Å². The van der Waals surface area contributed by atoms with Crippen LogP contribution in [-0.4, -0.2) is 31.6 Å². The molecule has 130 valence electrons. The molecule has 0 unspecified atom stereocenters. The van der Waals surface area contributed by atoms with Gasteiger partial charge in [0.2, 0.25) is 0 Å². The fourth-order valence-electron chi connectivity index (χ4n) is 2.39. The van der Waals surface area contributed by atoms with Crippen LogP contribution in [0.1, 0.15) is 22.3 Å². The van der Waals surface area contributed by atoms with Gasteiger partial charge < -0.3 is 14.2 Å². The highest BCUT2D eigenvalue weighted by atomic mass is 19.1. The van der Waals surface area contributed by atoms with Crippen LogP contribution in [0.5, 0.6) is 11.5 Å². The van der Waals surface area contributed by atoms with Gasteiger partial charge in [0, 0.05) is 12.0 Å². The summed E-state index contributed by atoms with van der Waals surface area (Å²) in [6, 6.07) is 10.4. The van der Waals surface area contributed by atoms with Gasteiger partial charge in [-0.25, -0.2) is 4.39 Å². The van der Waals surface area contributed by atoms with E-state index < -0.39 is 5.97 Å². The van der Waals surface area contributed by atoms with Crippen molar-refractivity contribution in [2.45, 2.75) is 12.8 Å². The molecule has 1 heterocycles. The van der Waals surface area contributed by atoms with Crippen molar-refractivity contribution in [3.63, 3.8) is 0 Å². The van der Waals surface area contributed by atoms with Gasteiger partial charge >= 0.3 is 5.97 Å². The van der Waals surface area contributed by atoms with E-state index in [-0.39, 0.29) is 24.6 Å². The highest BCUT2D eigenvalue weighted by molar-refractivity contribution is 5.98. The van der Waals surface area contributed by atoms with Crippen molar-refractivity contribution in [1.82, 2.24) is 0 Å². The monoisotopic (exact) mass is 344 g/mol. The van der Waals surface area contributed by atoms with Crippen molar-refractivity contribution in [1.29, 1.82) is 0 Å². The average molecular weight is 344 g/mol. The number of rotatable bonds is 5. The molecule has 0 fully saturated rings. The minimum Gasteiger partial charge on any atom is -0.490 e. The highest BCUT2D eigenvalue weighted by Crippen LogP contribution is 2.30. The van der Waals surface area contributed by atoms with Crippen LogP contribution in [0.15, 0.2) is 42.5 Å². The summed E-state index contributed by atoms with van der Waals surface area (Å²) < 4.78 is 28.9. The molecular weight excluding hydrogens is 327 g/mol. The summed E-state index contributed by atoms with van der Waals surface area (Å²) in [5, 5.41) is 0. The molecule has 0 saturated carbocycles. The van der Waals surface area contributed by atoms with Crippen LogP contribution in [-0.2, 0) is 16.0 Å². The zero-order chi connectivity index (χ0) is 17.6. The van der Waals surface area contributed by atoms with E-state index in [1.807, 2.05) is 0 Å². The Morgan fingerprint density at radius 1 is 1.00 bits per heavy atom. The molecule has 1 aliphatic rings. The number of ether oxygens (including phenoxy) is 3. The number of carbonyl (C=O) groups excluding carboxylic acids is 2. The number of benzene rings is 2. The molecule has 1 aliphatic heterocycles. The third kappa shape index (κ3) is 4.56.